The van der Waals surface area contributed by atoms with E-state index in [-0.39, 0.29) is 5.91 Å². The molecule has 7 nitrogen and oxygen atoms in total. The van der Waals surface area contributed by atoms with Gasteiger partial charge in [-0.05, 0) is 44.9 Å². The Morgan fingerprint density at radius 3 is 2.45 bits per heavy atom. The van der Waals surface area contributed by atoms with Crippen molar-refractivity contribution in [2.75, 3.05) is 18.6 Å². The van der Waals surface area contributed by atoms with E-state index in [1.807, 2.05) is 50.2 Å². The van der Waals surface area contributed by atoms with Crippen LogP contribution in [0, 0.1) is 13.8 Å². The van der Waals surface area contributed by atoms with Crippen LogP contribution in [0.4, 0.5) is 5.69 Å². The van der Waals surface area contributed by atoms with E-state index < -0.39 is 7.14 Å². The summed E-state index contributed by atoms with van der Waals surface area (Å²) in [6.07, 6.45) is 1.62. The van der Waals surface area contributed by atoms with Gasteiger partial charge in [-0.2, -0.15) is 5.10 Å². The maximum absolute atomic E-state index is 12.5. The van der Waals surface area contributed by atoms with Gasteiger partial charge >= 0.3 is 0 Å². The molecule has 8 heteroatoms. The third-order valence-electron chi connectivity index (χ3n) is 5.01. The molecule has 3 heterocycles. The largest absolute Gasteiger partial charge is 0.339 e. The topological polar surface area (TPSA) is 104 Å². The molecule has 29 heavy (non-hydrogen) atoms. The number of carbonyl (C=O) groups is 1. The number of pyridine rings is 1. The van der Waals surface area contributed by atoms with Crippen LogP contribution in [0.15, 0.2) is 42.6 Å². The molecule has 4 rings (SSSR count). The van der Waals surface area contributed by atoms with Gasteiger partial charge in [0.1, 0.15) is 18.5 Å². The molecule has 0 unspecified atom stereocenters. The number of aryl methyl sites for hydroxylation is 1. The standard InChI is InChI=1S/C21H22N5O2P/c1-12-13(2)25-26-19(12)21(27)23-16-9-15-10-18(24-20(15)22-11-16)14-5-7-17(8-6-14)29(3,4)28/h5-11H,1-4H3,(H,22,24)(H,23,27)(H,25,26). The molecule has 0 aliphatic carbocycles. The number of nitrogens with zero attached hydrogens (tertiary/aromatic N) is 2. The monoisotopic (exact) mass is 407 g/mol. The number of rotatable bonds is 4. The molecule has 0 bridgehead atoms. The first kappa shape index (κ1) is 19.2. The van der Waals surface area contributed by atoms with E-state index in [0.29, 0.717) is 11.4 Å². The Hall–Kier alpha value is -3.18. The highest BCUT2D eigenvalue weighted by Crippen LogP contribution is 2.35. The van der Waals surface area contributed by atoms with Crippen LogP contribution in [-0.2, 0) is 4.57 Å². The smallest absolute Gasteiger partial charge is 0.273 e. The number of amides is 1. The van der Waals surface area contributed by atoms with Crippen LogP contribution in [0.2, 0.25) is 0 Å². The molecular formula is C21H22N5O2P. The van der Waals surface area contributed by atoms with Crippen molar-refractivity contribution in [3.05, 3.63) is 59.5 Å². The molecular weight excluding hydrogens is 385 g/mol. The fraction of sp³-hybridized carbons (Fsp3) is 0.190. The molecule has 1 amide bonds. The van der Waals surface area contributed by atoms with Crippen molar-refractivity contribution < 1.29 is 9.36 Å². The molecule has 0 saturated heterocycles. The Morgan fingerprint density at radius 2 is 1.83 bits per heavy atom. The number of aromatic nitrogens is 4. The van der Waals surface area contributed by atoms with Gasteiger partial charge in [-0.3, -0.25) is 9.89 Å². The zero-order valence-electron chi connectivity index (χ0n) is 16.7. The zero-order valence-corrected chi connectivity index (χ0v) is 17.6. The van der Waals surface area contributed by atoms with Crippen molar-refractivity contribution in [2.24, 2.45) is 0 Å². The molecule has 0 aliphatic rings. The first-order valence-electron chi connectivity index (χ1n) is 9.20. The summed E-state index contributed by atoms with van der Waals surface area (Å²) in [5.74, 6) is -0.251. The number of benzene rings is 1. The van der Waals surface area contributed by atoms with Crippen LogP contribution in [0.1, 0.15) is 21.7 Å². The molecule has 0 saturated carbocycles. The first-order chi connectivity index (χ1) is 13.7. The summed E-state index contributed by atoms with van der Waals surface area (Å²) in [6, 6.07) is 11.6. The number of nitrogens with one attached hydrogen (secondary N) is 3. The molecule has 4 aromatic rings. The number of hydrogen-bond acceptors (Lipinski definition) is 4. The SMILES string of the molecule is Cc1n[nH]c(C(=O)Nc2cnc3[nH]c(-c4ccc(P(C)(C)=O)cc4)cc3c2)c1C. The quantitative estimate of drug-likeness (QED) is 0.444. The van der Waals surface area contributed by atoms with E-state index in [9.17, 15) is 9.36 Å². The fourth-order valence-corrected chi connectivity index (χ4v) is 4.01. The number of fused-ring (bicyclic) bond motifs is 1. The van der Waals surface area contributed by atoms with Crippen molar-refractivity contribution in [2.45, 2.75) is 13.8 Å². The van der Waals surface area contributed by atoms with Gasteiger partial charge in [0.25, 0.3) is 5.91 Å². The lowest BCUT2D eigenvalue weighted by atomic mass is 10.1. The second-order valence-corrected chi connectivity index (χ2v) is 10.7. The molecule has 1 aromatic carbocycles. The van der Waals surface area contributed by atoms with E-state index >= 15 is 0 Å². The summed E-state index contributed by atoms with van der Waals surface area (Å²) in [4.78, 5) is 20.2. The summed E-state index contributed by atoms with van der Waals surface area (Å²) >= 11 is 0. The highest BCUT2D eigenvalue weighted by molar-refractivity contribution is 7.70. The van der Waals surface area contributed by atoms with Crippen molar-refractivity contribution in [3.8, 4) is 11.3 Å². The molecule has 0 aliphatic heterocycles. The summed E-state index contributed by atoms with van der Waals surface area (Å²) < 4.78 is 12.2. The van der Waals surface area contributed by atoms with Gasteiger partial charge in [0, 0.05) is 21.9 Å². The van der Waals surface area contributed by atoms with E-state index in [1.54, 1.807) is 19.5 Å². The molecule has 0 radical (unpaired) electrons. The zero-order chi connectivity index (χ0) is 20.8. The molecule has 0 spiro atoms. The van der Waals surface area contributed by atoms with E-state index in [0.717, 1.165) is 38.9 Å². The summed E-state index contributed by atoms with van der Waals surface area (Å²) in [5.41, 5.74) is 5.29. The van der Waals surface area contributed by atoms with Crippen LogP contribution < -0.4 is 10.6 Å². The second kappa shape index (κ2) is 7.01. The second-order valence-electron chi connectivity index (χ2n) is 7.51. The number of H-pyrrole nitrogens is 2. The third kappa shape index (κ3) is 3.74. The number of aromatic amines is 2. The van der Waals surface area contributed by atoms with Crippen LogP contribution in [-0.4, -0.2) is 39.4 Å². The van der Waals surface area contributed by atoms with E-state index in [2.05, 4.69) is 25.5 Å². The van der Waals surface area contributed by atoms with Gasteiger partial charge in [0.05, 0.1) is 17.6 Å². The van der Waals surface area contributed by atoms with Crippen molar-refractivity contribution >= 4 is 35.1 Å². The molecule has 0 atom stereocenters. The molecule has 148 valence electrons. The Labute approximate surface area is 168 Å². The van der Waals surface area contributed by atoms with Crippen molar-refractivity contribution in [1.82, 2.24) is 20.2 Å². The van der Waals surface area contributed by atoms with Crippen LogP contribution in [0.25, 0.3) is 22.3 Å². The Bertz CT molecular complexity index is 1260. The summed E-state index contributed by atoms with van der Waals surface area (Å²) in [6.45, 7) is 7.23. The van der Waals surface area contributed by atoms with Crippen molar-refractivity contribution in [1.29, 1.82) is 0 Å². The Kier molecular flexibility index (Phi) is 4.63. The lowest BCUT2D eigenvalue weighted by molar-refractivity contribution is 0.102. The first-order valence-corrected chi connectivity index (χ1v) is 11.8. The van der Waals surface area contributed by atoms with Crippen molar-refractivity contribution in [3.63, 3.8) is 0 Å². The highest BCUT2D eigenvalue weighted by Gasteiger charge is 2.15. The molecule has 3 N–H and O–H groups in total. The lowest BCUT2D eigenvalue weighted by Gasteiger charge is -2.07. The Balaban J connectivity index is 1.60. The third-order valence-corrected chi connectivity index (χ3v) is 6.55. The van der Waals surface area contributed by atoms with Gasteiger partial charge in [-0.25, -0.2) is 4.98 Å². The minimum atomic E-state index is -2.28. The minimum absolute atomic E-state index is 0.251. The van der Waals surface area contributed by atoms with Gasteiger partial charge in [-0.1, -0.05) is 24.3 Å². The van der Waals surface area contributed by atoms with E-state index in [1.165, 1.54) is 0 Å². The summed E-state index contributed by atoms with van der Waals surface area (Å²) in [7, 11) is -2.28. The maximum atomic E-state index is 12.5. The predicted molar refractivity (Wildman–Crippen MR) is 117 cm³/mol. The van der Waals surface area contributed by atoms with Gasteiger partial charge in [0.2, 0.25) is 0 Å². The van der Waals surface area contributed by atoms with Crippen LogP contribution >= 0.6 is 7.14 Å². The maximum Gasteiger partial charge on any atom is 0.273 e. The number of hydrogen-bond donors (Lipinski definition) is 3. The minimum Gasteiger partial charge on any atom is -0.339 e. The average molecular weight is 407 g/mol. The van der Waals surface area contributed by atoms with Gasteiger partial charge in [0.15, 0.2) is 0 Å². The number of carbonyl (C=O) groups excluding carboxylic acids is 1. The molecule has 0 fully saturated rings. The average Bonchev–Trinajstić information content (AvgIpc) is 3.24. The van der Waals surface area contributed by atoms with Gasteiger partial charge < -0.3 is 14.9 Å². The predicted octanol–water partition coefficient (Wildman–Crippen LogP) is 4.07. The van der Waals surface area contributed by atoms with E-state index in [4.69, 9.17) is 0 Å². The lowest BCUT2D eigenvalue weighted by Crippen LogP contribution is -2.13. The number of anilines is 1. The van der Waals surface area contributed by atoms with Gasteiger partial charge in [-0.15, -0.1) is 0 Å². The normalized spacial score (nSPS) is 11.7. The Morgan fingerprint density at radius 1 is 1.10 bits per heavy atom. The highest BCUT2D eigenvalue weighted by atomic mass is 31.2. The van der Waals surface area contributed by atoms with Crippen LogP contribution in [0.5, 0.6) is 0 Å². The van der Waals surface area contributed by atoms with Crippen LogP contribution in [0.3, 0.4) is 0 Å². The fourth-order valence-electron chi connectivity index (χ4n) is 3.14. The summed E-state index contributed by atoms with van der Waals surface area (Å²) in [5, 5.41) is 11.4. The molecule has 3 aromatic heterocycles.